The minimum absolute atomic E-state index is 0.0832. The van der Waals surface area contributed by atoms with E-state index in [0.717, 1.165) is 5.56 Å². The van der Waals surface area contributed by atoms with Crippen LogP contribution in [0.3, 0.4) is 0 Å². The highest BCUT2D eigenvalue weighted by Gasteiger charge is 2.24. The Balaban J connectivity index is 2.10. The number of allylic oxidation sites excluding steroid dienone is 2. The van der Waals surface area contributed by atoms with Crippen LogP contribution in [0.5, 0.6) is 11.5 Å². The highest BCUT2D eigenvalue weighted by Crippen LogP contribution is 2.30. The summed E-state index contributed by atoms with van der Waals surface area (Å²) in [5.74, 6) is 1.39. The number of methoxy groups -OCH3 is 1. The molecule has 0 spiro atoms. The van der Waals surface area contributed by atoms with E-state index in [-0.39, 0.29) is 6.10 Å². The Morgan fingerprint density at radius 3 is 2.64 bits per heavy atom. The molecule has 0 saturated carbocycles. The second kappa shape index (κ2) is 7.69. The Hall–Kier alpha value is -1.47. The quantitative estimate of drug-likeness (QED) is 0.772. The number of benzene rings is 1. The van der Waals surface area contributed by atoms with Crippen molar-refractivity contribution in [2.24, 2.45) is 0 Å². The van der Waals surface area contributed by atoms with Crippen molar-refractivity contribution in [3.63, 3.8) is 0 Å². The molecule has 0 aliphatic carbocycles. The summed E-state index contributed by atoms with van der Waals surface area (Å²) in [4.78, 5) is 0.676. The summed E-state index contributed by atoms with van der Waals surface area (Å²) in [6.45, 7) is 3.93. The van der Waals surface area contributed by atoms with E-state index < -0.39 is 11.8 Å². The molecule has 0 radical (unpaired) electrons. The topological polar surface area (TPSA) is 71.0 Å². The van der Waals surface area contributed by atoms with Gasteiger partial charge >= 0.3 is 0 Å². The molecule has 1 aliphatic rings. The van der Waals surface area contributed by atoms with Gasteiger partial charge in [0.1, 0.15) is 6.23 Å². The van der Waals surface area contributed by atoms with E-state index in [4.69, 9.17) is 9.47 Å². The smallest absolute Gasteiger partial charge is 0.161 e. The van der Waals surface area contributed by atoms with Gasteiger partial charge in [-0.2, -0.15) is 0 Å². The van der Waals surface area contributed by atoms with Crippen molar-refractivity contribution in [1.82, 2.24) is 5.32 Å². The van der Waals surface area contributed by atoms with Crippen LogP contribution in [-0.4, -0.2) is 35.2 Å². The number of aliphatic hydroxyl groups is 2. The Labute approximate surface area is 134 Å². The van der Waals surface area contributed by atoms with Crippen LogP contribution >= 0.6 is 11.8 Å². The predicted molar refractivity (Wildman–Crippen MR) is 88.6 cm³/mol. The lowest BCUT2D eigenvalue weighted by Gasteiger charge is -2.13. The molecule has 5 nitrogen and oxygen atoms in total. The second-order valence-corrected chi connectivity index (χ2v) is 6.20. The van der Waals surface area contributed by atoms with Gasteiger partial charge in [0, 0.05) is 4.91 Å². The molecule has 1 aromatic carbocycles. The van der Waals surface area contributed by atoms with E-state index >= 15 is 0 Å². The van der Waals surface area contributed by atoms with E-state index in [0.29, 0.717) is 16.4 Å². The van der Waals surface area contributed by atoms with Crippen LogP contribution in [0.4, 0.5) is 0 Å². The van der Waals surface area contributed by atoms with Gasteiger partial charge in [0.05, 0.1) is 13.2 Å². The Morgan fingerprint density at radius 1 is 1.27 bits per heavy atom. The maximum atomic E-state index is 9.63. The SMILES string of the molecule is COc1cc(C=CC=C2SC(O)NC2O)ccc1OC(C)C. The van der Waals surface area contributed by atoms with Gasteiger partial charge in [-0.05, 0) is 37.6 Å². The summed E-state index contributed by atoms with van der Waals surface area (Å²) in [6.07, 6.45) is 4.75. The third kappa shape index (κ3) is 4.51. The Bertz CT molecular complexity index is 571. The molecule has 0 aromatic heterocycles. The number of hydrogen-bond donors (Lipinski definition) is 3. The molecular formula is C16H21NO4S. The highest BCUT2D eigenvalue weighted by molar-refractivity contribution is 8.03. The van der Waals surface area contributed by atoms with Crippen molar-refractivity contribution in [3.8, 4) is 11.5 Å². The average Bonchev–Trinajstić information content (AvgIpc) is 2.78. The summed E-state index contributed by atoms with van der Waals surface area (Å²) in [5.41, 5.74) is 0.193. The zero-order chi connectivity index (χ0) is 16.1. The minimum atomic E-state index is -0.819. The maximum absolute atomic E-state index is 9.63. The molecule has 6 heteroatoms. The minimum Gasteiger partial charge on any atom is -0.493 e. The van der Waals surface area contributed by atoms with E-state index in [9.17, 15) is 10.2 Å². The molecule has 120 valence electrons. The molecule has 1 fully saturated rings. The van der Waals surface area contributed by atoms with Crippen LogP contribution in [0.1, 0.15) is 19.4 Å². The highest BCUT2D eigenvalue weighted by atomic mass is 32.2. The van der Waals surface area contributed by atoms with Gasteiger partial charge in [-0.3, -0.25) is 5.32 Å². The summed E-state index contributed by atoms with van der Waals surface area (Å²) in [7, 11) is 1.61. The molecule has 3 N–H and O–H groups in total. The van der Waals surface area contributed by atoms with Crippen LogP contribution < -0.4 is 14.8 Å². The van der Waals surface area contributed by atoms with E-state index in [2.05, 4.69) is 5.32 Å². The van der Waals surface area contributed by atoms with Gasteiger partial charge in [0.25, 0.3) is 0 Å². The molecule has 0 bridgehead atoms. The third-order valence-corrected chi connectivity index (χ3v) is 3.91. The van der Waals surface area contributed by atoms with Crippen molar-refractivity contribution in [2.75, 3.05) is 7.11 Å². The number of hydrogen-bond acceptors (Lipinski definition) is 6. The van der Waals surface area contributed by atoms with Crippen molar-refractivity contribution in [1.29, 1.82) is 0 Å². The molecule has 1 saturated heterocycles. The largest absolute Gasteiger partial charge is 0.493 e. The molecule has 1 heterocycles. The van der Waals surface area contributed by atoms with Gasteiger partial charge in [0.15, 0.2) is 17.1 Å². The Morgan fingerprint density at radius 2 is 2.05 bits per heavy atom. The van der Waals surface area contributed by atoms with E-state index in [1.165, 1.54) is 11.8 Å². The number of nitrogens with one attached hydrogen (secondary N) is 1. The van der Waals surface area contributed by atoms with Crippen LogP contribution in [0.15, 0.2) is 35.3 Å². The zero-order valence-corrected chi connectivity index (χ0v) is 13.6. The molecule has 2 rings (SSSR count). The molecule has 2 atom stereocenters. The van der Waals surface area contributed by atoms with Gasteiger partial charge in [0.2, 0.25) is 0 Å². The summed E-state index contributed by atoms with van der Waals surface area (Å²) in [6, 6.07) is 5.69. The molecule has 1 aliphatic heterocycles. The molecular weight excluding hydrogens is 302 g/mol. The fraction of sp³-hybridized carbons (Fsp3) is 0.375. The van der Waals surface area contributed by atoms with Gasteiger partial charge in [-0.15, -0.1) is 0 Å². The summed E-state index contributed by atoms with van der Waals surface area (Å²) >= 11 is 1.19. The molecule has 0 amide bonds. The number of rotatable bonds is 5. The van der Waals surface area contributed by atoms with Gasteiger partial charge < -0.3 is 19.7 Å². The van der Waals surface area contributed by atoms with Crippen molar-refractivity contribution in [2.45, 2.75) is 31.7 Å². The van der Waals surface area contributed by atoms with Gasteiger partial charge in [-0.1, -0.05) is 30.0 Å². The fourth-order valence-corrected chi connectivity index (χ4v) is 2.78. The normalized spacial score (nSPS) is 23.6. The zero-order valence-electron chi connectivity index (χ0n) is 12.8. The lowest BCUT2D eigenvalue weighted by molar-refractivity contribution is 0.126. The average molecular weight is 323 g/mol. The van der Waals surface area contributed by atoms with Crippen LogP contribution in [0, 0.1) is 0 Å². The lowest BCUT2D eigenvalue weighted by atomic mass is 10.2. The van der Waals surface area contributed by atoms with Crippen LogP contribution in [0.25, 0.3) is 6.08 Å². The van der Waals surface area contributed by atoms with E-state index in [1.54, 1.807) is 13.2 Å². The lowest BCUT2D eigenvalue weighted by Crippen LogP contribution is -2.28. The van der Waals surface area contributed by atoms with Crippen molar-refractivity contribution < 1.29 is 19.7 Å². The maximum Gasteiger partial charge on any atom is 0.161 e. The fourth-order valence-electron chi connectivity index (χ4n) is 1.97. The van der Waals surface area contributed by atoms with Gasteiger partial charge in [-0.25, -0.2) is 0 Å². The third-order valence-electron chi connectivity index (χ3n) is 2.92. The van der Waals surface area contributed by atoms with Crippen LogP contribution in [0.2, 0.25) is 0 Å². The summed E-state index contributed by atoms with van der Waals surface area (Å²) in [5, 5.41) is 21.6. The standard InChI is InChI=1S/C16H21NO4S/c1-10(2)21-12-8-7-11(9-13(12)20-3)5-4-6-14-15(18)17-16(19)22-14/h4-10,15-19H,1-3H3. The molecule has 2 unspecified atom stereocenters. The van der Waals surface area contributed by atoms with Crippen molar-refractivity contribution in [3.05, 3.63) is 40.8 Å². The first kappa shape index (κ1) is 16.9. The number of ether oxygens (including phenoxy) is 2. The Kier molecular flexibility index (Phi) is 5.90. The predicted octanol–water partition coefficient (Wildman–Crippen LogP) is 2.31. The summed E-state index contributed by atoms with van der Waals surface area (Å²) < 4.78 is 11.0. The first-order valence-corrected chi connectivity index (χ1v) is 7.89. The molecule has 22 heavy (non-hydrogen) atoms. The first-order valence-electron chi connectivity index (χ1n) is 7.01. The molecule has 1 aromatic rings. The number of aliphatic hydroxyl groups excluding tert-OH is 2. The monoisotopic (exact) mass is 323 g/mol. The van der Waals surface area contributed by atoms with Crippen molar-refractivity contribution >= 4 is 17.8 Å². The number of thioether (sulfide) groups is 1. The van der Waals surface area contributed by atoms with E-state index in [1.807, 2.05) is 44.2 Å². The van der Waals surface area contributed by atoms with Crippen LogP contribution in [-0.2, 0) is 0 Å². The second-order valence-electron chi connectivity index (χ2n) is 5.04. The first-order chi connectivity index (χ1) is 10.5.